The number of rotatable bonds is 1. The van der Waals surface area contributed by atoms with E-state index in [2.05, 4.69) is 5.32 Å². The van der Waals surface area contributed by atoms with Gasteiger partial charge >= 0.3 is 0 Å². The van der Waals surface area contributed by atoms with Crippen LogP contribution in [0.4, 0.5) is 0 Å². The zero-order valence-electron chi connectivity index (χ0n) is 4.52. The van der Waals surface area contributed by atoms with Gasteiger partial charge in [0.2, 0.25) is 5.91 Å². The van der Waals surface area contributed by atoms with Crippen LogP contribution in [0, 0.1) is 0 Å². The Kier molecular flexibility index (Phi) is 1.71. The summed E-state index contributed by atoms with van der Waals surface area (Å²) in [6.07, 6.45) is 0. The van der Waals surface area contributed by atoms with Crippen molar-refractivity contribution in [2.24, 2.45) is 0 Å². The monoisotopic (exact) mass is 226 g/mol. The van der Waals surface area contributed by atoms with Crippen molar-refractivity contribution in [2.75, 3.05) is 13.6 Å². The van der Waals surface area contributed by atoms with Crippen LogP contribution in [0.15, 0.2) is 0 Å². The smallest absolute Gasteiger partial charge is 0.249 e. The maximum absolute atomic E-state index is 10.8. The molecule has 0 radical (unpaired) electrons. The van der Waals surface area contributed by atoms with Gasteiger partial charge in [-0.05, 0) is 0 Å². The fourth-order valence-corrected chi connectivity index (χ4v) is 0.785. The van der Waals surface area contributed by atoms with Crippen LogP contribution in [0.25, 0.3) is 0 Å². The van der Waals surface area contributed by atoms with E-state index in [4.69, 9.17) is 0 Å². The molecule has 1 saturated heterocycles. The van der Waals surface area contributed by atoms with E-state index in [0.29, 0.717) is 0 Å². The number of amides is 1. The highest BCUT2D eigenvalue weighted by Gasteiger charge is 2.30. The van der Waals surface area contributed by atoms with Gasteiger partial charge in [0, 0.05) is 13.6 Å². The second kappa shape index (κ2) is 2.18. The lowest BCUT2D eigenvalue weighted by atomic mass is 10.4. The van der Waals surface area contributed by atoms with E-state index in [1.807, 2.05) is 22.9 Å². The highest BCUT2D eigenvalue weighted by molar-refractivity contribution is 14.1. The molecular formula is C4H7IN2O. The van der Waals surface area contributed by atoms with Gasteiger partial charge in [0.05, 0.1) is 22.9 Å². The van der Waals surface area contributed by atoms with Gasteiger partial charge in [-0.15, -0.1) is 0 Å². The molecule has 0 aliphatic carbocycles. The van der Waals surface area contributed by atoms with Crippen molar-refractivity contribution >= 4 is 28.8 Å². The van der Waals surface area contributed by atoms with Crippen molar-refractivity contribution in [1.29, 1.82) is 0 Å². The molecule has 46 valence electrons. The summed E-state index contributed by atoms with van der Waals surface area (Å²) in [4.78, 5) is 10.8. The van der Waals surface area contributed by atoms with Gasteiger partial charge in [-0.25, -0.2) is 0 Å². The largest absolute Gasteiger partial charge is 0.303 e. The van der Waals surface area contributed by atoms with E-state index in [1.54, 1.807) is 10.2 Å². The third-order valence-corrected chi connectivity index (χ3v) is 1.49. The number of halogens is 1. The van der Waals surface area contributed by atoms with Crippen molar-refractivity contribution in [3.8, 4) is 0 Å². The normalized spacial score (nSPS) is 25.0. The summed E-state index contributed by atoms with van der Waals surface area (Å²) < 4.78 is 1.57. The Hall–Kier alpha value is 0.160. The van der Waals surface area contributed by atoms with Gasteiger partial charge in [-0.2, -0.15) is 0 Å². The summed E-state index contributed by atoms with van der Waals surface area (Å²) >= 11 is 1.97. The first-order valence-electron chi connectivity index (χ1n) is 2.38. The molecule has 1 heterocycles. The Labute approximate surface area is 61.9 Å². The second-order valence-electron chi connectivity index (χ2n) is 1.78. The van der Waals surface area contributed by atoms with Gasteiger partial charge in [-0.3, -0.25) is 7.91 Å². The molecule has 0 bridgehead atoms. The van der Waals surface area contributed by atoms with Gasteiger partial charge in [-0.1, -0.05) is 0 Å². The van der Waals surface area contributed by atoms with E-state index in [-0.39, 0.29) is 11.9 Å². The SMILES string of the molecule is CN(I)C(=O)C1CN1. The molecule has 1 aliphatic rings. The number of hydrogen-bond donors (Lipinski definition) is 1. The molecule has 8 heavy (non-hydrogen) atoms. The average Bonchev–Trinajstić information content (AvgIpc) is 2.43. The number of carbonyl (C=O) groups excluding carboxylic acids is 1. The van der Waals surface area contributed by atoms with E-state index in [1.165, 1.54) is 0 Å². The molecule has 3 nitrogen and oxygen atoms in total. The number of hydrogen-bond acceptors (Lipinski definition) is 2. The predicted molar refractivity (Wildman–Crippen MR) is 38.6 cm³/mol. The van der Waals surface area contributed by atoms with Crippen molar-refractivity contribution < 1.29 is 4.79 Å². The standard InChI is InChI=1S/C4H7IN2O/c1-7(5)4(8)3-2-6-3/h3,6H,2H2,1H3. The van der Waals surface area contributed by atoms with Gasteiger partial charge in [0.15, 0.2) is 0 Å². The van der Waals surface area contributed by atoms with Crippen molar-refractivity contribution in [3.05, 3.63) is 0 Å². The molecule has 0 spiro atoms. The highest BCUT2D eigenvalue weighted by Crippen LogP contribution is 2.04. The molecule has 4 heteroatoms. The molecule has 1 unspecified atom stereocenters. The molecule has 0 aromatic heterocycles. The highest BCUT2D eigenvalue weighted by atomic mass is 127. The zero-order chi connectivity index (χ0) is 6.15. The molecule has 1 atom stereocenters. The molecule has 1 fully saturated rings. The zero-order valence-corrected chi connectivity index (χ0v) is 6.68. The first-order valence-corrected chi connectivity index (χ1v) is 3.35. The minimum absolute atomic E-state index is 0.122. The fraction of sp³-hybridized carbons (Fsp3) is 0.750. The van der Waals surface area contributed by atoms with E-state index < -0.39 is 0 Å². The molecule has 1 rings (SSSR count). The number of nitrogens with one attached hydrogen (secondary N) is 1. The van der Waals surface area contributed by atoms with Crippen LogP contribution in [0.5, 0.6) is 0 Å². The van der Waals surface area contributed by atoms with Crippen LogP contribution >= 0.6 is 22.9 Å². The van der Waals surface area contributed by atoms with Crippen LogP contribution in [0.3, 0.4) is 0 Å². The lowest BCUT2D eigenvalue weighted by Gasteiger charge is -2.03. The molecule has 1 aliphatic heterocycles. The lowest BCUT2D eigenvalue weighted by Crippen LogP contribution is -2.22. The molecule has 0 aromatic carbocycles. The molecule has 1 N–H and O–H groups in total. The van der Waals surface area contributed by atoms with Gasteiger partial charge in [0.1, 0.15) is 6.04 Å². The molecule has 0 aromatic rings. The minimum Gasteiger partial charge on any atom is -0.303 e. The summed E-state index contributed by atoms with van der Waals surface area (Å²) in [6, 6.07) is 0.122. The van der Waals surface area contributed by atoms with E-state index in [9.17, 15) is 4.79 Å². The van der Waals surface area contributed by atoms with Crippen molar-refractivity contribution in [1.82, 2.24) is 8.43 Å². The minimum atomic E-state index is 0.122. The Bertz CT molecular complexity index is 107. The van der Waals surface area contributed by atoms with Crippen LogP contribution in [-0.4, -0.2) is 28.7 Å². The van der Waals surface area contributed by atoms with Gasteiger partial charge in [0.25, 0.3) is 0 Å². The van der Waals surface area contributed by atoms with Crippen LogP contribution in [0.2, 0.25) is 0 Å². The lowest BCUT2D eigenvalue weighted by molar-refractivity contribution is -0.123. The Morgan fingerprint density at radius 2 is 2.50 bits per heavy atom. The first-order chi connectivity index (χ1) is 3.72. The maximum Gasteiger partial charge on any atom is 0.249 e. The summed E-state index contributed by atoms with van der Waals surface area (Å²) in [5, 5.41) is 2.92. The van der Waals surface area contributed by atoms with Crippen LogP contribution in [0.1, 0.15) is 0 Å². The van der Waals surface area contributed by atoms with Crippen molar-refractivity contribution in [3.63, 3.8) is 0 Å². The fourth-order valence-electron chi connectivity index (χ4n) is 0.448. The predicted octanol–water partition coefficient (Wildman–Crippen LogP) is -0.233. The third kappa shape index (κ3) is 1.32. The van der Waals surface area contributed by atoms with E-state index >= 15 is 0 Å². The topological polar surface area (TPSA) is 42.2 Å². The van der Waals surface area contributed by atoms with Crippen LogP contribution in [-0.2, 0) is 4.79 Å². The Morgan fingerprint density at radius 1 is 2.00 bits per heavy atom. The average molecular weight is 226 g/mol. The Morgan fingerprint density at radius 3 is 2.62 bits per heavy atom. The molecular weight excluding hydrogens is 219 g/mol. The molecule has 0 saturated carbocycles. The third-order valence-electron chi connectivity index (χ3n) is 1.01. The van der Waals surface area contributed by atoms with Gasteiger partial charge < -0.3 is 5.32 Å². The summed E-state index contributed by atoms with van der Waals surface area (Å²) in [5.41, 5.74) is 0. The summed E-state index contributed by atoms with van der Waals surface area (Å²) in [7, 11) is 1.75. The summed E-state index contributed by atoms with van der Waals surface area (Å²) in [6.45, 7) is 0.853. The second-order valence-corrected chi connectivity index (χ2v) is 3.22. The molecule has 1 amide bonds. The first kappa shape index (κ1) is 6.28. The number of nitrogens with zero attached hydrogens (tertiary/aromatic N) is 1. The van der Waals surface area contributed by atoms with Crippen molar-refractivity contribution in [2.45, 2.75) is 6.04 Å². The maximum atomic E-state index is 10.8. The van der Waals surface area contributed by atoms with Crippen LogP contribution < -0.4 is 5.32 Å². The number of carbonyl (C=O) groups is 1. The quantitative estimate of drug-likeness (QED) is 0.381. The summed E-state index contributed by atoms with van der Waals surface area (Å²) in [5.74, 6) is 0.172. The Balaban J connectivity index is 2.33. The van der Waals surface area contributed by atoms with E-state index in [0.717, 1.165) is 6.54 Å². The number of likely N-dealkylation sites (N-methyl/N-ethyl adjacent to an activating group) is 1.